The van der Waals surface area contributed by atoms with Crippen molar-refractivity contribution >= 4 is 44.2 Å². The Labute approximate surface area is 219 Å². The number of rotatable bonds is 13. The SMILES string of the molecule is CN(c1cnccc1CNc1nc(Nc2ccc(OCCOCCO)c(O)c2)nc2[nH]ccc12)S(C)(=O)=O. The van der Waals surface area contributed by atoms with Gasteiger partial charge in [-0.15, -0.1) is 0 Å². The molecule has 4 rings (SSSR count). The maximum Gasteiger partial charge on any atom is 0.232 e. The normalized spacial score (nSPS) is 11.4. The number of aromatic hydroxyl groups is 1. The van der Waals surface area contributed by atoms with Gasteiger partial charge < -0.3 is 35.3 Å². The molecule has 0 fully saturated rings. The molecule has 0 radical (unpaired) electrons. The minimum atomic E-state index is -3.46. The molecule has 0 aliphatic heterocycles. The summed E-state index contributed by atoms with van der Waals surface area (Å²) in [4.78, 5) is 16.2. The second-order valence-electron chi connectivity index (χ2n) is 8.22. The Morgan fingerprint density at radius 3 is 2.74 bits per heavy atom. The molecule has 5 N–H and O–H groups in total. The van der Waals surface area contributed by atoms with Crippen LogP contribution in [0.25, 0.3) is 11.0 Å². The molecule has 0 unspecified atom stereocenters. The maximum absolute atomic E-state index is 12.1. The van der Waals surface area contributed by atoms with E-state index in [9.17, 15) is 13.5 Å². The highest BCUT2D eigenvalue weighted by atomic mass is 32.2. The van der Waals surface area contributed by atoms with Crippen molar-refractivity contribution in [2.24, 2.45) is 0 Å². The van der Waals surface area contributed by atoms with E-state index in [-0.39, 0.29) is 44.7 Å². The van der Waals surface area contributed by atoms with Crippen LogP contribution >= 0.6 is 0 Å². The Morgan fingerprint density at radius 2 is 1.97 bits per heavy atom. The Bertz CT molecular complexity index is 1490. The molecule has 0 amide bonds. The predicted molar refractivity (Wildman–Crippen MR) is 143 cm³/mol. The van der Waals surface area contributed by atoms with Gasteiger partial charge in [0.05, 0.1) is 43.3 Å². The van der Waals surface area contributed by atoms with Crippen LogP contribution in [0.1, 0.15) is 5.56 Å². The fourth-order valence-electron chi connectivity index (χ4n) is 3.56. The summed E-state index contributed by atoms with van der Waals surface area (Å²) < 4.78 is 35.9. The van der Waals surface area contributed by atoms with E-state index < -0.39 is 10.0 Å². The molecule has 3 heterocycles. The van der Waals surface area contributed by atoms with E-state index in [4.69, 9.17) is 14.6 Å². The largest absolute Gasteiger partial charge is 0.504 e. The summed E-state index contributed by atoms with van der Waals surface area (Å²) in [5.41, 5.74) is 2.29. The molecule has 38 heavy (non-hydrogen) atoms. The molecule has 0 atom stereocenters. The predicted octanol–water partition coefficient (Wildman–Crippen LogP) is 2.20. The summed E-state index contributed by atoms with van der Waals surface area (Å²) in [7, 11) is -1.99. The highest BCUT2D eigenvalue weighted by Gasteiger charge is 2.17. The minimum Gasteiger partial charge on any atom is -0.504 e. The molecular formula is C24H29N7O6S. The van der Waals surface area contributed by atoms with Gasteiger partial charge in [0.15, 0.2) is 11.5 Å². The number of aliphatic hydroxyl groups excluding tert-OH is 1. The fraction of sp³-hybridized carbons (Fsp3) is 0.292. The first-order valence-electron chi connectivity index (χ1n) is 11.6. The number of nitrogens with zero attached hydrogens (tertiary/aromatic N) is 4. The van der Waals surface area contributed by atoms with Crippen LogP contribution in [0.5, 0.6) is 11.5 Å². The molecule has 13 nitrogen and oxygen atoms in total. The van der Waals surface area contributed by atoms with E-state index in [0.717, 1.165) is 11.6 Å². The van der Waals surface area contributed by atoms with Crippen molar-refractivity contribution in [3.05, 3.63) is 54.5 Å². The Morgan fingerprint density at radius 1 is 1.13 bits per heavy atom. The van der Waals surface area contributed by atoms with Crippen molar-refractivity contribution in [2.45, 2.75) is 6.54 Å². The molecule has 4 aromatic rings. The summed E-state index contributed by atoms with van der Waals surface area (Å²) >= 11 is 0. The van der Waals surface area contributed by atoms with Crippen LogP contribution in [0.4, 0.5) is 23.1 Å². The number of hydrogen-bond acceptors (Lipinski definition) is 11. The van der Waals surface area contributed by atoms with Crippen LogP contribution in [0.15, 0.2) is 48.9 Å². The molecule has 3 aromatic heterocycles. The zero-order valence-electron chi connectivity index (χ0n) is 20.9. The number of sulfonamides is 1. The maximum atomic E-state index is 12.1. The monoisotopic (exact) mass is 543 g/mol. The number of pyridine rings is 1. The van der Waals surface area contributed by atoms with Gasteiger partial charge in [0.25, 0.3) is 0 Å². The van der Waals surface area contributed by atoms with Crippen molar-refractivity contribution in [1.82, 2.24) is 19.9 Å². The van der Waals surface area contributed by atoms with Gasteiger partial charge in [0.1, 0.15) is 18.1 Å². The van der Waals surface area contributed by atoms with Gasteiger partial charge in [-0.1, -0.05) is 0 Å². The average Bonchev–Trinajstić information content (AvgIpc) is 3.36. The van der Waals surface area contributed by atoms with E-state index in [1.807, 2.05) is 6.07 Å². The number of anilines is 4. The highest BCUT2D eigenvalue weighted by molar-refractivity contribution is 7.92. The van der Waals surface area contributed by atoms with Gasteiger partial charge in [-0.25, -0.2) is 8.42 Å². The van der Waals surface area contributed by atoms with Crippen LogP contribution in [-0.4, -0.2) is 78.3 Å². The average molecular weight is 544 g/mol. The number of ether oxygens (including phenoxy) is 2. The quantitative estimate of drug-likeness (QED) is 0.156. The minimum absolute atomic E-state index is 0.0650. The number of phenolic OH excluding ortho intramolecular Hbond substituents is 1. The number of aromatic amines is 1. The van der Waals surface area contributed by atoms with Gasteiger partial charge in [-0.05, 0) is 29.8 Å². The number of phenols is 1. The Balaban J connectivity index is 1.50. The van der Waals surface area contributed by atoms with E-state index in [1.54, 1.807) is 30.6 Å². The Kier molecular flexibility index (Phi) is 8.45. The molecule has 0 saturated heterocycles. The van der Waals surface area contributed by atoms with Crippen molar-refractivity contribution < 1.29 is 28.1 Å². The van der Waals surface area contributed by atoms with E-state index in [1.165, 1.54) is 23.6 Å². The summed E-state index contributed by atoms with van der Waals surface area (Å²) in [6, 6.07) is 8.38. The molecule has 202 valence electrons. The van der Waals surface area contributed by atoms with Crippen molar-refractivity contribution in [3.63, 3.8) is 0 Å². The summed E-state index contributed by atoms with van der Waals surface area (Å²) in [5.74, 6) is 1.02. The van der Waals surface area contributed by atoms with E-state index in [0.29, 0.717) is 34.2 Å². The van der Waals surface area contributed by atoms with Gasteiger partial charge in [-0.3, -0.25) is 9.29 Å². The van der Waals surface area contributed by atoms with Crippen molar-refractivity contribution in [2.75, 3.05) is 54.7 Å². The Hall–Kier alpha value is -4.14. The number of H-pyrrole nitrogens is 1. The third-order valence-corrected chi connectivity index (χ3v) is 6.71. The third kappa shape index (κ3) is 6.59. The second kappa shape index (κ2) is 11.9. The number of benzene rings is 1. The zero-order chi connectivity index (χ0) is 27.1. The highest BCUT2D eigenvalue weighted by Crippen LogP contribution is 2.31. The molecule has 0 saturated carbocycles. The van der Waals surface area contributed by atoms with Crippen molar-refractivity contribution in [1.29, 1.82) is 0 Å². The number of aromatic nitrogens is 4. The lowest BCUT2D eigenvalue weighted by molar-refractivity contribution is 0.0699. The molecule has 0 aliphatic rings. The van der Waals surface area contributed by atoms with Crippen LogP contribution in [-0.2, 0) is 21.3 Å². The van der Waals surface area contributed by atoms with Crippen LogP contribution < -0.4 is 19.7 Å². The lowest BCUT2D eigenvalue weighted by atomic mass is 10.2. The smallest absolute Gasteiger partial charge is 0.232 e. The van der Waals surface area contributed by atoms with Gasteiger partial charge in [0.2, 0.25) is 16.0 Å². The van der Waals surface area contributed by atoms with Crippen LogP contribution in [0.2, 0.25) is 0 Å². The van der Waals surface area contributed by atoms with Crippen molar-refractivity contribution in [3.8, 4) is 11.5 Å². The summed E-state index contributed by atoms with van der Waals surface area (Å²) in [6.45, 7) is 0.946. The van der Waals surface area contributed by atoms with Crippen LogP contribution in [0.3, 0.4) is 0 Å². The first-order chi connectivity index (χ1) is 18.3. The lowest BCUT2D eigenvalue weighted by Gasteiger charge is -2.20. The van der Waals surface area contributed by atoms with E-state index >= 15 is 0 Å². The van der Waals surface area contributed by atoms with Crippen LogP contribution in [0, 0.1) is 0 Å². The fourth-order valence-corrected chi connectivity index (χ4v) is 4.08. The molecular weight excluding hydrogens is 514 g/mol. The number of hydrogen-bond donors (Lipinski definition) is 5. The number of nitrogens with one attached hydrogen (secondary N) is 3. The summed E-state index contributed by atoms with van der Waals surface area (Å²) in [6.07, 6.45) is 5.97. The topological polar surface area (TPSA) is 175 Å². The van der Waals surface area contributed by atoms with E-state index in [2.05, 4.69) is 30.6 Å². The van der Waals surface area contributed by atoms with Gasteiger partial charge in [0, 0.05) is 37.7 Å². The summed E-state index contributed by atoms with van der Waals surface area (Å²) in [5, 5.41) is 26.2. The van der Waals surface area contributed by atoms with Gasteiger partial charge >= 0.3 is 0 Å². The number of fused-ring (bicyclic) bond motifs is 1. The molecule has 1 aromatic carbocycles. The molecule has 0 bridgehead atoms. The first-order valence-corrected chi connectivity index (χ1v) is 13.5. The number of aliphatic hydroxyl groups is 1. The standard InChI is InChI=1S/C24H29N7O6S/c1-31(38(2,34)35)19-15-25-7-5-16(19)14-27-23-18-6-8-26-22(18)29-24(30-23)28-17-3-4-21(20(33)13-17)37-12-11-36-10-9-32/h3-8,13,15,32-33H,9-12,14H2,1-2H3,(H3,26,27,28,29,30). The zero-order valence-corrected chi connectivity index (χ0v) is 21.7. The van der Waals surface area contributed by atoms with Gasteiger partial charge in [-0.2, -0.15) is 9.97 Å². The second-order valence-corrected chi connectivity index (χ2v) is 10.2. The lowest BCUT2D eigenvalue weighted by Crippen LogP contribution is -2.26. The molecule has 0 spiro atoms. The molecule has 14 heteroatoms. The third-order valence-electron chi connectivity index (χ3n) is 5.52. The molecule has 0 aliphatic carbocycles. The first kappa shape index (κ1) is 26.9.